The highest BCUT2D eigenvalue weighted by molar-refractivity contribution is 5.52. The van der Waals surface area contributed by atoms with E-state index in [1.54, 1.807) is 25.1 Å². The first kappa shape index (κ1) is 18.0. The molecule has 0 radical (unpaired) electrons. The molecule has 144 valence electrons. The van der Waals surface area contributed by atoms with Crippen molar-refractivity contribution in [2.75, 3.05) is 18.0 Å². The molecule has 2 aromatic rings. The van der Waals surface area contributed by atoms with E-state index in [0.29, 0.717) is 10.9 Å². The molecule has 0 aromatic heterocycles. The van der Waals surface area contributed by atoms with Gasteiger partial charge in [-0.3, -0.25) is 20.2 Å². The van der Waals surface area contributed by atoms with E-state index in [9.17, 15) is 20.2 Å². The Labute approximate surface area is 160 Å². The van der Waals surface area contributed by atoms with Gasteiger partial charge in [-0.15, -0.1) is 0 Å². The monoisotopic (exact) mass is 381 g/mol. The van der Waals surface area contributed by atoms with Crippen LogP contribution in [0.1, 0.15) is 31.7 Å². The number of anilines is 1. The lowest BCUT2D eigenvalue weighted by Gasteiger charge is -2.28. The van der Waals surface area contributed by atoms with Crippen LogP contribution in [0.25, 0.3) is 0 Å². The first-order valence-electron chi connectivity index (χ1n) is 9.16. The molecule has 1 unspecified atom stereocenters. The number of non-ortho nitro benzene ring substituents is 2. The molecule has 9 nitrogen and oxygen atoms in total. The minimum absolute atomic E-state index is 0.0251. The van der Waals surface area contributed by atoms with Gasteiger partial charge in [-0.2, -0.15) is 0 Å². The molecule has 0 spiro atoms. The predicted molar refractivity (Wildman–Crippen MR) is 102 cm³/mol. The fraction of sp³-hybridized carbons (Fsp3) is 0.368. The lowest BCUT2D eigenvalue weighted by Crippen LogP contribution is -2.37. The van der Waals surface area contributed by atoms with Crippen molar-refractivity contribution in [2.24, 2.45) is 9.98 Å². The second-order valence-electron chi connectivity index (χ2n) is 7.15. The number of nitro groups is 2. The number of fused-ring (bicyclic) bond motifs is 1. The summed E-state index contributed by atoms with van der Waals surface area (Å²) in [5.41, 5.74) is 0.338. The molecule has 28 heavy (non-hydrogen) atoms. The molecular formula is C19H19N5O4. The van der Waals surface area contributed by atoms with Crippen molar-refractivity contribution in [3.8, 4) is 0 Å². The fourth-order valence-electron chi connectivity index (χ4n) is 3.80. The number of hydrogen-bond donors (Lipinski definition) is 0. The Morgan fingerprint density at radius 3 is 2.14 bits per heavy atom. The summed E-state index contributed by atoms with van der Waals surface area (Å²) in [5, 5.41) is 23.2. The predicted octanol–water partition coefficient (Wildman–Crippen LogP) is 2.62. The number of piperidine rings is 1. The maximum atomic E-state index is 11.5. The molecule has 2 heterocycles. The Bertz CT molecular complexity index is 1080. The van der Waals surface area contributed by atoms with Gasteiger partial charge in [-0.05, 0) is 44.4 Å². The van der Waals surface area contributed by atoms with Crippen LogP contribution in [0.15, 0.2) is 46.4 Å². The molecule has 1 saturated heterocycles. The van der Waals surface area contributed by atoms with Crippen molar-refractivity contribution >= 4 is 17.1 Å². The molecule has 0 aliphatic carbocycles. The van der Waals surface area contributed by atoms with Gasteiger partial charge in [0.05, 0.1) is 15.5 Å². The van der Waals surface area contributed by atoms with Gasteiger partial charge in [0.15, 0.2) is 11.0 Å². The Hall–Kier alpha value is -3.36. The van der Waals surface area contributed by atoms with Gasteiger partial charge >= 0.3 is 0 Å². The van der Waals surface area contributed by atoms with Crippen LogP contribution in [0.4, 0.5) is 17.1 Å². The smallest absolute Gasteiger partial charge is 0.296 e. The summed E-state index contributed by atoms with van der Waals surface area (Å²) in [6.07, 6.45) is 3.32. The van der Waals surface area contributed by atoms with Crippen LogP contribution in [0.2, 0.25) is 0 Å². The van der Waals surface area contributed by atoms with Crippen LogP contribution in [0.3, 0.4) is 0 Å². The summed E-state index contributed by atoms with van der Waals surface area (Å²) in [4.78, 5) is 33.1. The molecule has 2 aromatic carbocycles. The molecule has 9 heteroatoms. The minimum Gasteiger partial charge on any atom is -0.370 e. The van der Waals surface area contributed by atoms with Crippen molar-refractivity contribution in [2.45, 2.75) is 31.8 Å². The van der Waals surface area contributed by atoms with E-state index in [2.05, 4.69) is 9.89 Å². The van der Waals surface area contributed by atoms with E-state index in [0.717, 1.165) is 31.6 Å². The number of hydrogen-bond acceptors (Lipinski definition) is 7. The van der Waals surface area contributed by atoms with Crippen molar-refractivity contribution < 1.29 is 9.85 Å². The van der Waals surface area contributed by atoms with E-state index in [1.165, 1.54) is 24.6 Å². The molecule has 0 bridgehead atoms. The van der Waals surface area contributed by atoms with E-state index in [1.807, 2.05) is 0 Å². The zero-order chi connectivity index (χ0) is 19.9. The molecular weight excluding hydrogens is 362 g/mol. The van der Waals surface area contributed by atoms with E-state index in [4.69, 9.17) is 4.99 Å². The summed E-state index contributed by atoms with van der Waals surface area (Å²) in [5.74, 6) is 0. The van der Waals surface area contributed by atoms with Crippen molar-refractivity contribution in [3.05, 3.63) is 72.9 Å². The third-order valence-corrected chi connectivity index (χ3v) is 5.29. The van der Waals surface area contributed by atoms with Crippen LogP contribution in [-0.4, -0.2) is 22.9 Å². The summed E-state index contributed by atoms with van der Waals surface area (Å²) in [6, 6.07) is 9.24. The quantitative estimate of drug-likeness (QED) is 0.596. The number of rotatable bonds is 4. The second-order valence-corrected chi connectivity index (χ2v) is 7.15. The van der Waals surface area contributed by atoms with Crippen LogP contribution in [-0.2, 0) is 5.66 Å². The zero-order valence-electron chi connectivity index (χ0n) is 15.4. The molecule has 0 N–H and O–H groups in total. The van der Waals surface area contributed by atoms with E-state index in [-0.39, 0.29) is 16.7 Å². The molecule has 1 atom stereocenters. The Balaban J connectivity index is 1.87. The van der Waals surface area contributed by atoms with Gasteiger partial charge < -0.3 is 4.90 Å². The van der Waals surface area contributed by atoms with Gasteiger partial charge in [0.1, 0.15) is 5.36 Å². The lowest BCUT2D eigenvalue weighted by molar-refractivity contribution is -0.386. The van der Waals surface area contributed by atoms with Crippen molar-refractivity contribution in [1.82, 2.24) is 0 Å². The third kappa shape index (κ3) is 2.98. The second kappa shape index (κ2) is 6.66. The lowest BCUT2D eigenvalue weighted by atomic mass is 10.0. The summed E-state index contributed by atoms with van der Waals surface area (Å²) in [6.45, 7) is 3.53. The highest BCUT2D eigenvalue weighted by Crippen LogP contribution is 2.31. The van der Waals surface area contributed by atoms with Crippen LogP contribution in [0.5, 0.6) is 0 Å². The summed E-state index contributed by atoms with van der Waals surface area (Å²) in [7, 11) is 0. The molecule has 0 amide bonds. The van der Waals surface area contributed by atoms with E-state index < -0.39 is 15.5 Å². The first-order chi connectivity index (χ1) is 13.4. The van der Waals surface area contributed by atoms with Gasteiger partial charge in [-0.1, -0.05) is 0 Å². The Morgan fingerprint density at radius 1 is 0.893 bits per heavy atom. The maximum Gasteiger partial charge on any atom is 0.296 e. The topological polar surface area (TPSA) is 114 Å². The normalized spacial score (nSPS) is 20.8. The average molecular weight is 381 g/mol. The molecule has 2 aliphatic heterocycles. The zero-order valence-corrected chi connectivity index (χ0v) is 15.4. The van der Waals surface area contributed by atoms with Crippen LogP contribution < -0.4 is 15.6 Å². The molecule has 4 rings (SSSR count). The van der Waals surface area contributed by atoms with E-state index >= 15 is 0 Å². The standard InChI is InChI=1S/C19H19N5O4/c1-19(13-5-7-14(8-6-13)23(25)26)20-17-15(22-11-3-2-4-12-22)9-10-16(24(27)28)18(17)21-19/h5-10H,2-4,11-12H2,1H3. The Morgan fingerprint density at radius 2 is 1.54 bits per heavy atom. The van der Waals surface area contributed by atoms with Crippen molar-refractivity contribution in [1.29, 1.82) is 0 Å². The average Bonchev–Trinajstić information content (AvgIpc) is 3.06. The minimum atomic E-state index is -1.06. The largest absolute Gasteiger partial charge is 0.370 e. The van der Waals surface area contributed by atoms with Crippen LogP contribution in [0, 0.1) is 20.2 Å². The molecule has 2 aliphatic rings. The SMILES string of the molecule is CC1(c2ccc([N+](=O)[O-])cc2)N=c2c(N3CCCCC3)ccc([N+](=O)[O-])c2=N1. The highest BCUT2D eigenvalue weighted by Gasteiger charge is 2.33. The Kier molecular flexibility index (Phi) is 4.29. The van der Waals surface area contributed by atoms with Gasteiger partial charge in [0.25, 0.3) is 11.4 Å². The third-order valence-electron chi connectivity index (χ3n) is 5.29. The van der Waals surface area contributed by atoms with Crippen LogP contribution >= 0.6 is 0 Å². The summed E-state index contributed by atoms with van der Waals surface area (Å²) < 4.78 is 0. The van der Waals surface area contributed by atoms with Gasteiger partial charge in [-0.25, -0.2) is 9.98 Å². The number of benzene rings is 2. The van der Waals surface area contributed by atoms with Crippen molar-refractivity contribution in [3.63, 3.8) is 0 Å². The highest BCUT2D eigenvalue weighted by atomic mass is 16.6. The van der Waals surface area contributed by atoms with Gasteiger partial charge in [0, 0.05) is 36.9 Å². The first-order valence-corrected chi connectivity index (χ1v) is 9.16. The number of nitro benzene ring substituents is 2. The molecule has 0 saturated carbocycles. The fourth-order valence-corrected chi connectivity index (χ4v) is 3.80. The maximum absolute atomic E-state index is 11.5. The molecule has 1 fully saturated rings. The number of nitrogens with zero attached hydrogens (tertiary/aromatic N) is 5. The van der Waals surface area contributed by atoms with Gasteiger partial charge in [0.2, 0.25) is 0 Å². The summed E-state index contributed by atoms with van der Waals surface area (Å²) >= 11 is 0.